The Morgan fingerprint density at radius 2 is 2.03 bits per heavy atom. The Balaban J connectivity index is 1.41. The van der Waals surface area contributed by atoms with Crippen LogP contribution >= 0.6 is 0 Å². The van der Waals surface area contributed by atoms with Gasteiger partial charge < -0.3 is 14.8 Å². The van der Waals surface area contributed by atoms with Crippen LogP contribution in [-0.4, -0.2) is 38.5 Å². The Bertz CT molecular complexity index is 1020. The van der Waals surface area contributed by atoms with Gasteiger partial charge in [-0.3, -0.25) is 4.79 Å². The molecule has 1 aliphatic carbocycles. The van der Waals surface area contributed by atoms with Crippen molar-refractivity contribution < 1.29 is 4.79 Å². The molecule has 1 aromatic carbocycles. The van der Waals surface area contributed by atoms with E-state index in [2.05, 4.69) is 34.0 Å². The molecule has 4 rings (SSSR count). The molecule has 2 heterocycles. The molecule has 0 unspecified atom stereocenters. The lowest BCUT2D eigenvalue weighted by Gasteiger charge is -2.25. The van der Waals surface area contributed by atoms with E-state index in [1.165, 1.54) is 0 Å². The number of imidazole rings is 1. The second-order valence-corrected chi connectivity index (χ2v) is 7.55. The number of aryl methyl sites for hydroxylation is 2. The Hall–Kier alpha value is -2.96. The fourth-order valence-corrected chi connectivity index (χ4v) is 4.04. The highest BCUT2D eigenvalue weighted by Gasteiger charge is 2.26. The molecule has 0 spiro atoms. The number of carbonyl (C=O) groups excluding carboxylic acids is 1. The van der Waals surface area contributed by atoms with Gasteiger partial charge in [-0.2, -0.15) is 0 Å². The number of carbonyl (C=O) groups is 1. The van der Waals surface area contributed by atoms with Gasteiger partial charge in [-0.25, -0.2) is 15.0 Å². The molecule has 1 amide bonds. The van der Waals surface area contributed by atoms with Crippen LogP contribution in [-0.2, 0) is 31.2 Å². The molecule has 0 bridgehead atoms. The molecule has 7 heteroatoms. The zero-order valence-electron chi connectivity index (χ0n) is 17.4. The van der Waals surface area contributed by atoms with Crippen LogP contribution in [0.15, 0.2) is 30.5 Å². The van der Waals surface area contributed by atoms with E-state index < -0.39 is 0 Å². The van der Waals surface area contributed by atoms with Crippen molar-refractivity contribution in [3.8, 4) is 0 Å². The summed E-state index contributed by atoms with van der Waals surface area (Å²) in [7, 11) is 1.98. The maximum atomic E-state index is 12.8. The van der Waals surface area contributed by atoms with E-state index in [4.69, 9.17) is 4.98 Å². The first-order valence-electron chi connectivity index (χ1n) is 10.4. The molecule has 1 N–H and O–H groups in total. The van der Waals surface area contributed by atoms with Crippen LogP contribution < -0.4 is 10.2 Å². The number of hydrogen-bond donors (Lipinski definition) is 1. The lowest BCUT2D eigenvalue weighted by Crippen LogP contribution is -2.35. The van der Waals surface area contributed by atoms with E-state index in [0.717, 1.165) is 60.0 Å². The van der Waals surface area contributed by atoms with Gasteiger partial charge in [0.2, 0.25) is 11.9 Å². The normalized spacial score (nSPS) is 15.9. The van der Waals surface area contributed by atoms with Crippen molar-refractivity contribution in [3.05, 3.63) is 47.5 Å². The maximum Gasteiger partial charge on any atom is 0.225 e. The fourth-order valence-electron chi connectivity index (χ4n) is 4.04. The Labute approximate surface area is 171 Å². The number of para-hydroxylation sites is 2. The number of aromatic nitrogens is 4. The van der Waals surface area contributed by atoms with Gasteiger partial charge in [0.05, 0.1) is 17.6 Å². The summed E-state index contributed by atoms with van der Waals surface area (Å²) in [5.74, 6) is 1.69. The molecule has 3 aromatic rings. The van der Waals surface area contributed by atoms with E-state index in [0.29, 0.717) is 13.0 Å². The SMILES string of the molecule is CCN(CC)c1ncc2c(n1)CC[C@@H](C(=O)NCc1nc3ccccc3n1C)C2. The van der Waals surface area contributed by atoms with Gasteiger partial charge in [0.25, 0.3) is 0 Å². The average molecular weight is 393 g/mol. The summed E-state index contributed by atoms with van der Waals surface area (Å²) in [4.78, 5) is 28.8. The molecular formula is C22H28N6O. The largest absolute Gasteiger partial charge is 0.349 e. The Morgan fingerprint density at radius 3 is 2.79 bits per heavy atom. The van der Waals surface area contributed by atoms with E-state index in [9.17, 15) is 4.79 Å². The Morgan fingerprint density at radius 1 is 1.24 bits per heavy atom. The van der Waals surface area contributed by atoms with Crippen molar-refractivity contribution in [1.29, 1.82) is 0 Å². The van der Waals surface area contributed by atoms with Gasteiger partial charge in [0.1, 0.15) is 5.82 Å². The highest BCUT2D eigenvalue weighted by molar-refractivity contribution is 5.79. The summed E-state index contributed by atoms with van der Waals surface area (Å²) in [6.07, 6.45) is 4.23. The average Bonchev–Trinajstić information content (AvgIpc) is 3.08. The van der Waals surface area contributed by atoms with Crippen LogP contribution in [0.4, 0.5) is 5.95 Å². The van der Waals surface area contributed by atoms with Gasteiger partial charge in [-0.15, -0.1) is 0 Å². The number of benzene rings is 1. The number of anilines is 1. The molecule has 0 radical (unpaired) electrons. The van der Waals surface area contributed by atoms with Crippen molar-refractivity contribution in [3.63, 3.8) is 0 Å². The standard InChI is InChI=1S/C22H28N6O/c1-4-28(5-2)22-24-13-16-12-15(10-11-17(16)26-22)21(29)23-14-20-25-18-8-6-7-9-19(18)27(20)3/h6-9,13,15H,4-5,10-12,14H2,1-3H3,(H,23,29)/t15-/m1/s1. The number of nitrogens with one attached hydrogen (secondary N) is 1. The van der Waals surface area contributed by atoms with Gasteiger partial charge in [-0.05, 0) is 50.8 Å². The quantitative estimate of drug-likeness (QED) is 0.698. The summed E-state index contributed by atoms with van der Waals surface area (Å²) in [5, 5.41) is 3.08. The maximum absolute atomic E-state index is 12.8. The van der Waals surface area contributed by atoms with Crippen LogP contribution in [0.25, 0.3) is 11.0 Å². The number of rotatable bonds is 6. The third kappa shape index (κ3) is 3.81. The van der Waals surface area contributed by atoms with E-state index in [1.54, 1.807) is 0 Å². The van der Waals surface area contributed by atoms with Crippen LogP contribution in [0, 0.1) is 5.92 Å². The fraction of sp³-hybridized carbons (Fsp3) is 0.455. The Kier molecular flexibility index (Phi) is 5.47. The van der Waals surface area contributed by atoms with Crippen molar-refractivity contribution >= 4 is 22.9 Å². The van der Waals surface area contributed by atoms with E-state index >= 15 is 0 Å². The second kappa shape index (κ2) is 8.19. The van der Waals surface area contributed by atoms with Crippen molar-refractivity contribution in [2.45, 2.75) is 39.7 Å². The number of nitrogens with zero attached hydrogens (tertiary/aromatic N) is 5. The monoisotopic (exact) mass is 392 g/mol. The molecule has 152 valence electrons. The second-order valence-electron chi connectivity index (χ2n) is 7.55. The predicted octanol–water partition coefficient (Wildman–Crippen LogP) is 2.63. The van der Waals surface area contributed by atoms with Crippen LogP contribution in [0.1, 0.15) is 37.4 Å². The topological polar surface area (TPSA) is 75.9 Å². The van der Waals surface area contributed by atoms with Crippen molar-refractivity contribution in [2.24, 2.45) is 13.0 Å². The molecule has 0 saturated heterocycles. The number of hydrogen-bond acceptors (Lipinski definition) is 5. The summed E-state index contributed by atoms with van der Waals surface area (Å²) in [6.45, 7) is 6.43. The lowest BCUT2D eigenvalue weighted by molar-refractivity contribution is -0.125. The van der Waals surface area contributed by atoms with E-state index in [1.807, 2.05) is 42.1 Å². The predicted molar refractivity (Wildman–Crippen MR) is 114 cm³/mol. The molecule has 0 aliphatic heterocycles. The van der Waals surface area contributed by atoms with Gasteiger partial charge in [0.15, 0.2) is 0 Å². The molecule has 7 nitrogen and oxygen atoms in total. The van der Waals surface area contributed by atoms with Crippen LogP contribution in [0.2, 0.25) is 0 Å². The zero-order valence-corrected chi connectivity index (χ0v) is 17.4. The first-order chi connectivity index (χ1) is 14.1. The number of amides is 1. The third-order valence-corrected chi connectivity index (χ3v) is 5.85. The lowest BCUT2D eigenvalue weighted by atomic mass is 9.86. The molecule has 2 aromatic heterocycles. The molecule has 29 heavy (non-hydrogen) atoms. The summed E-state index contributed by atoms with van der Waals surface area (Å²) in [6, 6.07) is 8.01. The summed E-state index contributed by atoms with van der Waals surface area (Å²) < 4.78 is 2.04. The molecule has 1 atom stereocenters. The van der Waals surface area contributed by atoms with Gasteiger partial charge in [0, 0.05) is 37.9 Å². The third-order valence-electron chi connectivity index (χ3n) is 5.85. The minimum absolute atomic E-state index is 0.0416. The molecular weight excluding hydrogens is 364 g/mol. The highest BCUT2D eigenvalue weighted by atomic mass is 16.1. The minimum atomic E-state index is -0.0416. The summed E-state index contributed by atoms with van der Waals surface area (Å²) in [5.41, 5.74) is 4.20. The van der Waals surface area contributed by atoms with Crippen LogP contribution in [0.5, 0.6) is 0 Å². The van der Waals surface area contributed by atoms with Crippen molar-refractivity contribution in [2.75, 3.05) is 18.0 Å². The van der Waals surface area contributed by atoms with Gasteiger partial charge >= 0.3 is 0 Å². The first-order valence-corrected chi connectivity index (χ1v) is 10.4. The zero-order chi connectivity index (χ0) is 20.4. The van der Waals surface area contributed by atoms with Crippen molar-refractivity contribution in [1.82, 2.24) is 24.8 Å². The smallest absolute Gasteiger partial charge is 0.225 e. The summed E-state index contributed by atoms with van der Waals surface area (Å²) >= 11 is 0. The van der Waals surface area contributed by atoms with E-state index in [-0.39, 0.29) is 11.8 Å². The van der Waals surface area contributed by atoms with Gasteiger partial charge in [-0.1, -0.05) is 12.1 Å². The highest BCUT2D eigenvalue weighted by Crippen LogP contribution is 2.25. The van der Waals surface area contributed by atoms with Crippen LogP contribution in [0.3, 0.4) is 0 Å². The minimum Gasteiger partial charge on any atom is -0.349 e. The first kappa shape index (κ1) is 19.4. The molecule has 0 fully saturated rings. The number of fused-ring (bicyclic) bond motifs is 2. The molecule has 1 aliphatic rings. The molecule has 0 saturated carbocycles.